The minimum absolute atomic E-state index is 0.334. The molecule has 0 bridgehead atoms. The summed E-state index contributed by atoms with van der Waals surface area (Å²) in [6.07, 6.45) is 4.53. The van der Waals surface area contributed by atoms with E-state index in [4.69, 9.17) is 0 Å². The Morgan fingerprint density at radius 2 is 2.29 bits per heavy atom. The molecule has 0 aromatic carbocycles. The molecule has 17 heavy (non-hydrogen) atoms. The van der Waals surface area contributed by atoms with E-state index < -0.39 is 0 Å². The Labute approximate surface area is 104 Å². The molecule has 0 aliphatic heterocycles. The van der Waals surface area contributed by atoms with Gasteiger partial charge in [0, 0.05) is 6.54 Å². The summed E-state index contributed by atoms with van der Waals surface area (Å²) in [7, 11) is 0. The van der Waals surface area contributed by atoms with E-state index >= 15 is 0 Å². The van der Waals surface area contributed by atoms with Gasteiger partial charge in [-0.2, -0.15) is 5.10 Å². The van der Waals surface area contributed by atoms with Crippen molar-refractivity contribution in [2.24, 2.45) is 11.8 Å². The Hall–Kier alpha value is -0.830. The zero-order chi connectivity index (χ0) is 12.4. The van der Waals surface area contributed by atoms with Crippen molar-refractivity contribution in [2.45, 2.75) is 59.1 Å². The largest absolute Gasteiger partial charge is 0.387 e. The predicted molar refractivity (Wildman–Crippen MR) is 68.7 cm³/mol. The minimum Gasteiger partial charge on any atom is -0.387 e. The van der Waals surface area contributed by atoms with Crippen molar-refractivity contribution >= 4 is 0 Å². The first-order valence-electron chi connectivity index (χ1n) is 6.84. The Morgan fingerprint density at radius 3 is 2.94 bits per heavy atom. The number of aliphatic hydroxyl groups is 1. The van der Waals surface area contributed by atoms with Crippen LogP contribution >= 0.6 is 0 Å². The first-order chi connectivity index (χ1) is 8.11. The van der Waals surface area contributed by atoms with Crippen molar-refractivity contribution in [2.75, 3.05) is 0 Å². The second-order valence-corrected chi connectivity index (χ2v) is 5.50. The second-order valence-electron chi connectivity index (χ2n) is 5.50. The molecule has 3 heteroatoms. The Morgan fingerprint density at radius 1 is 1.53 bits per heavy atom. The summed E-state index contributed by atoms with van der Waals surface area (Å²) >= 11 is 0. The number of aromatic nitrogens is 2. The fraction of sp³-hybridized carbons (Fsp3) is 0.786. The summed E-state index contributed by atoms with van der Waals surface area (Å²) in [5, 5.41) is 14.9. The summed E-state index contributed by atoms with van der Waals surface area (Å²) in [5.74, 6) is 1.17. The van der Waals surface area contributed by atoms with Crippen LogP contribution < -0.4 is 0 Å². The molecule has 96 valence electrons. The van der Waals surface area contributed by atoms with Gasteiger partial charge in [0.15, 0.2) is 0 Å². The SMILES string of the molecule is CCn1nc(C)cc1C(O)C1CCCC(C)C1. The van der Waals surface area contributed by atoms with Crippen molar-refractivity contribution in [1.82, 2.24) is 9.78 Å². The first kappa shape index (κ1) is 12.6. The molecule has 1 N–H and O–H groups in total. The van der Waals surface area contributed by atoms with E-state index in [0.29, 0.717) is 5.92 Å². The molecule has 1 aliphatic carbocycles. The van der Waals surface area contributed by atoms with Crippen molar-refractivity contribution < 1.29 is 5.11 Å². The normalized spacial score (nSPS) is 27.1. The molecule has 3 unspecified atom stereocenters. The van der Waals surface area contributed by atoms with Gasteiger partial charge in [0.25, 0.3) is 0 Å². The highest BCUT2D eigenvalue weighted by molar-refractivity contribution is 5.12. The highest BCUT2D eigenvalue weighted by Crippen LogP contribution is 2.37. The van der Waals surface area contributed by atoms with Crippen LogP contribution in [0.3, 0.4) is 0 Å². The fourth-order valence-electron chi connectivity index (χ4n) is 3.07. The third-order valence-electron chi connectivity index (χ3n) is 3.96. The molecule has 1 saturated carbocycles. The van der Waals surface area contributed by atoms with Crippen LogP contribution in [0.25, 0.3) is 0 Å². The van der Waals surface area contributed by atoms with Gasteiger partial charge < -0.3 is 5.11 Å². The van der Waals surface area contributed by atoms with Crippen molar-refractivity contribution in [3.63, 3.8) is 0 Å². The number of hydrogen-bond donors (Lipinski definition) is 1. The summed E-state index contributed by atoms with van der Waals surface area (Å²) in [6.45, 7) is 7.20. The van der Waals surface area contributed by atoms with Crippen LogP contribution in [-0.2, 0) is 6.54 Å². The molecule has 0 spiro atoms. The molecule has 1 aromatic rings. The zero-order valence-electron chi connectivity index (χ0n) is 11.2. The topological polar surface area (TPSA) is 38.0 Å². The first-order valence-corrected chi connectivity index (χ1v) is 6.84. The molecule has 0 radical (unpaired) electrons. The number of aliphatic hydroxyl groups excluding tert-OH is 1. The third kappa shape index (κ3) is 2.71. The summed E-state index contributed by atoms with van der Waals surface area (Å²) in [6, 6.07) is 2.04. The Balaban J connectivity index is 2.14. The van der Waals surface area contributed by atoms with Crippen LogP contribution in [0.2, 0.25) is 0 Å². The fourth-order valence-corrected chi connectivity index (χ4v) is 3.07. The van der Waals surface area contributed by atoms with Crippen LogP contribution in [0.15, 0.2) is 6.07 Å². The average Bonchev–Trinajstić information content (AvgIpc) is 2.69. The Bertz CT molecular complexity index is 372. The van der Waals surface area contributed by atoms with E-state index in [2.05, 4.69) is 18.9 Å². The number of aryl methyl sites for hydroxylation is 2. The van der Waals surface area contributed by atoms with Gasteiger partial charge in [-0.15, -0.1) is 0 Å². The molecule has 3 nitrogen and oxygen atoms in total. The maximum Gasteiger partial charge on any atom is 0.0984 e. The predicted octanol–water partition coefficient (Wildman–Crippen LogP) is 3.07. The van der Waals surface area contributed by atoms with Crippen molar-refractivity contribution in [3.05, 3.63) is 17.5 Å². The van der Waals surface area contributed by atoms with Crippen molar-refractivity contribution in [3.8, 4) is 0 Å². The lowest BCUT2D eigenvalue weighted by Crippen LogP contribution is -2.22. The highest BCUT2D eigenvalue weighted by atomic mass is 16.3. The summed E-state index contributed by atoms with van der Waals surface area (Å²) in [4.78, 5) is 0. The van der Waals surface area contributed by atoms with Gasteiger partial charge >= 0.3 is 0 Å². The molecule has 1 aliphatic rings. The molecule has 1 fully saturated rings. The monoisotopic (exact) mass is 236 g/mol. The van der Waals surface area contributed by atoms with Gasteiger partial charge in [-0.1, -0.05) is 19.8 Å². The van der Waals surface area contributed by atoms with Gasteiger partial charge in [0.2, 0.25) is 0 Å². The minimum atomic E-state index is -0.334. The Kier molecular flexibility index (Phi) is 3.87. The van der Waals surface area contributed by atoms with E-state index in [1.54, 1.807) is 0 Å². The molecule has 1 heterocycles. The molecule has 1 aromatic heterocycles. The van der Waals surface area contributed by atoms with Crippen LogP contribution in [0.4, 0.5) is 0 Å². The lowest BCUT2D eigenvalue weighted by molar-refractivity contribution is 0.0642. The van der Waals surface area contributed by atoms with E-state index in [1.165, 1.54) is 12.8 Å². The summed E-state index contributed by atoms with van der Waals surface area (Å²) in [5.41, 5.74) is 2.01. The smallest absolute Gasteiger partial charge is 0.0984 e. The van der Waals surface area contributed by atoms with Gasteiger partial charge in [-0.25, -0.2) is 0 Å². The lowest BCUT2D eigenvalue weighted by Gasteiger charge is -2.30. The van der Waals surface area contributed by atoms with Crippen LogP contribution in [-0.4, -0.2) is 14.9 Å². The maximum atomic E-state index is 10.5. The lowest BCUT2D eigenvalue weighted by atomic mass is 9.79. The second kappa shape index (κ2) is 5.21. The number of rotatable bonds is 3. The molecular formula is C14H24N2O. The van der Waals surface area contributed by atoms with E-state index in [0.717, 1.165) is 36.7 Å². The molecule has 2 rings (SSSR count). The highest BCUT2D eigenvalue weighted by Gasteiger charge is 2.28. The molecular weight excluding hydrogens is 212 g/mol. The van der Waals surface area contributed by atoms with Gasteiger partial charge in [-0.05, 0) is 44.6 Å². The maximum absolute atomic E-state index is 10.5. The quantitative estimate of drug-likeness (QED) is 0.876. The van der Waals surface area contributed by atoms with Gasteiger partial charge in [0.1, 0.15) is 0 Å². The van der Waals surface area contributed by atoms with Crippen LogP contribution in [0.1, 0.15) is 57.0 Å². The van der Waals surface area contributed by atoms with Crippen LogP contribution in [0.5, 0.6) is 0 Å². The molecule has 3 atom stereocenters. The van der Waals surface area contributed by atoms with E-state index in [9.17, 15) is 5.11 Å². The number of nitrogens with zero attached hydrogens (tertiary/aromatic N) is 2. The average molecular weight is 236 g/mol. The number of hydrogen-bond acceptors (Lipinski definition) is 2. The standard InChI is InChI=1S/C14H24N2O/c1-4-16-13(9-11(3)15-16)14(17)12-7-5-6-10(2)8-12/h9-10,12,14,17H,4-8H2,1-3H3. The molecule has 0 saturated heterocycles. The van der Waals surface area contributed by atoms with Crippen molar-refractivity contribution in [1.29, 1.82) is 0 Å². The van der Waals surface area contributed by atoms with E-state index in [1.807, 2.05) is 17.7 Å². The zero-order valence-corrected chi connectivity index (χ0v) is 11.2. The van der Waals surface area contributed by atoms with E-state index in [-0.39, 0.29) is 6.10 Å². The van der Waals surface area contributed by atoms with Gasteiger partial charge in [-0.3, -0.25) is 4.68 Å². The van der Waals surface area contributed by atoms with Gasteiger partial charge in [0.05, 0.1) is 17.5 Å². The third-order valence-corrected chi connectivity index (χ3v) is 3.96. The molecule has 0 amide bonds. The summed E-state index contributed by atoms with van der Waals surface area (Å²) < 4.78 is 1.94. The van der Waals surface area contributed by atoms with Crippen LogP contribution in [0, 0.1) is 18.8 Å².